The lowest BCUT2D eigenvalue weighted by molar-refractivity contribution is 0.102. The minimum atomic E-state index is -3.73. The molecule has 7 nitrogen and oxygen atoms in total. The molecule has 0 aliphatic heterocycles. The zero-order chi connectivity index (χ0) is 20.1. The molecule has 28 heavy (non-hydrogen) atoms. The van der Waals surface area contributed by atoms with Gasteiger partial charge in [0.25, 0.3) is 0 Å². The summed E-state index contributed by atoms with van der Waals surface area (Å²) in [6.07, 6.45) is 1.58. The van der Waals surface area contributed by atoms with Crippen molar-refractivity contribution in [1.82, 2.24) is 9.97 Å². The number of carbonyl (C=O) groups is 1. The Bertz CT molecular complexity index is 1090. The van der Waals surface area contributed by atoms with Gasteiger partial charge in [-0.3, -0.25) is 4.79 Å². The SMILES string of the molecule is NS(=O)(=O)c1ccc(Nc2ccnc(SCC(=O)c3ccc(Br)cc3)n2)cc1. The number of thioether (sulfide) groups is 1. The number of carbonyl (C=O) groups excluding carboxylic acids is 1. The van der Waals surface area contributed by atoms with Gasteiger partial charge in [0.05, 0.1) is 10.6 Å². The Hall–Kier alpha value is -2.27. The molecule has 0 unspecified atom stereocenters. The number of Topliss-reactive ketones (excluding diaryl/α,β-unsaturated/α-hetero) is 1. The summed E-state index contributed by atoms with van der Waals surface area (Å²) < 4.78 is 23.5. The van der Waals surface area contributed by atoms with E-state index < -0.39 is 10.0 Å². The highest BCUT2D eigenvalue weighted by molar-refractivity contribution is 9.10. The molecular weight excluding hydrogens is 464 g/mol. The van der Waals surface area contributed by atoms with Crippen LogP contribution in [-0.4, -0.2) is 29.9 Å². The molecule has 0 fully saturated rings. The molecule has 0 aliphatic rings. The van der Waals surface area contributed by atoms with Crippen LogP contribution < -0.4 is 10.5 Å². The van der Waals surface area contributed by atoms with Crippen LogP contribution >= 0.6 is 27.7 Å². The Kier molecular flexibility index (Phi) is 6.45. The van der Waals surface area contributed by atoms with Gasteiger partial charge in [0.15, 0.2) is 10.9 Å². The van der Waals surface area contributed by atoms with Crippen LogP contribution in [-0.2, 0) is 10.0 Å². The summed E-state index contributed by atoms with van der Waals surface area (Å²) >= 11 is 4.58. The number of nitrogens with zero attached hydrogens (tertiary/aromatic N) is 2. The Morgan fingerprint density at radius 1 is 1.07 bits per heavy atom. The first-order valence-electron chi connectivity index (χ1n) is 7.96. The summed E-state index contributed by atoms with van der Waals surface area (Å²) in [6.45, 7) is 0. The topological polar surface area (TPSA) is 115 Å². The second kappa shape index (κ2) is 8.82. The summed E-state index contributed by atoms with van der Waals surface area (Å²) in [5, 5.41) is 8.60. The van der Waals surface area contributed by atoms with Gasteiger partial charge in [-0.25, -0.2) is 23.5 Å². The van der Waals surface area contributed by atoms with Crippen molar-refractivity contribution < 1.29 is 13.2 Å². The second-order valence-corrected chi connectivity index (χ2v) is 9.06. The monoisotopic (exact) mass is 478 g/mol. The van der Waals surface area contributed by atoms with Crippen molar-refractivity contribution in [3.05, 3.63) is 70.8 Å². The first kappa shape index (κ1) is 20.5. The van der Waals surface area contributed by atoms with E-state index in [0.29, 0.717) is 22.2 Å². The largest absolute Gasteiger partial charge is 0.340 e. The van der Waals surface area contributed by atoms with Crippen LogP contribution in [0.4, 0.5) is 11.5 Å². The minimum Gasteiger partial charge on any atom is -0.340 e. The van der Waals surface area contributed by atoms with Gasteiger partial charge >= 0.3 is 0 Å². The molecule has 1 heterocycles. The molecule has 0 spiro atoms. The van der Waals surface area contributed by atoms with Gasteiger partial charge in [0, 0.05) is 21.9 Å². The van der Waals surface area contributed by atoms with E-state index in [1.54, 1.807) is 36.5 Å². The molecule has 2 aromatic carbocycles. The van der Waals surface area contributed by atoms with Gasteiger partial charge < -0.3 is 5.32 Å². The fourth-order valence-electron chi connectivity index (χ4n) is 2.21. The second-order valence-electron chi connectivity index (χ2n) is 5.64. The van der Waals surface area contributed by atoms with Crippen molar-refractivity contribution in [1.29, 1.82) is 0 Å². The maximum Gasteiger partial charge on any atom is 0.238 e. The van der Waals surface area contributed by atoms with E-state index in [1.165, 1.54) is 23.9 Å². The minimum absolute atomic E-state index is 0.0157. The summed E-state index contributed by atoms with van der Waals surface area (Å²) in [4.78, 5) is 20.8. The molecule has 3 rings (SSSR count). The standard InChI is InChI=1S/C18H15BrN4O3S2/c19-13-3-1-12(2-4-13)16(24)11-27-18-21-10-9-17(23-18)22-14-5-7-15(8-6-14)28(20,25)26/h1-10H,11H2,(H2,20,25,26)(H,21,22,23). The lowest BCUT2D eigenvalue weighted by Crippen LogP contribution is -2.11. The van der Waals surface area contributed by atoms with E-state index in [-0.39, 0.29) is 16.4 Å². The quantitative estimate of drug-likeness (QED) is 0.302. The summed E-state index contributed by atoms with van der Waals surface area (Å²) in [7, 11) is -3.73. The molecule has 144 valence electrons. The Balaban J connectivity index is 1.63. The Labute approximate surface area is 175 Å². The maximum atomic E-state index is 12.3. The summed E-state index contributed by atoms with van der Waals surface area (Å²) in [5.41, 5.74) is 1.27. The highest BCUT2D eigenvalue weighted by atomic mass is 79.9. The number of benzene rings is 2. The van der Waals surface area contributed by atoms with E-state index in [2.05, 4.69) is 31.2 Å². The van der Waals surface area contributed by atoms with Gasteiger partial charge in [0.2, 0.25) is 10.0 Å². The van der Waals surface area contributed by atoms with Gasteiger partial charge in [0.1, 0.15) is 5.82 Å². The number of halogens is 1. The number of nitrogens with two attached hydrogens (primary N) is 1. The summed E-state index contributed by atoms with van der Waals surface area (Å²) in [5.74, 6) is 0.726. The zero-order valence-electron chi connectivity index (χ0n) is 14.4. The third kappa shape index (κ3) is 5.61. The zero-order valence-corrected chi connectivity index (χ0v) is 17.6. The van der Waals surface area contributed by atoms with Crippen LogP contribution in [0.25, 0.3) is 0 Å². The lowest BCUT2D eigenvalue weighted by Gasteiger charge is -2.07. The normalized spacial score (nSPS) is 11.2. The van der Waals surface area contributed by atoms with Crippen LogP contribution in [0, 0.1) is 0 Å². The number of hydrogen-bond acceptors (Lipinski definition) is 7. The van der Waals surface area contributed by atoms with E-state index in [0.717, 1.165) is 4.47 Å². The van der Waals surface area contributed by atoms with Gasteiger partial charge in [-0.15, -0.1) is 0 Å². The Morgan fingerprint density at radius 3 is 2.39 bits per heavy atom. The highest BCUT2D eigenvalue weighted by Gasteiger charge is 2.10. The number of aromatic nitrogens is 2. The van der Waals surface area contributed by atoms with Gasteiger partial charge in [-0.1, -0.05) is 39.8 Å². The average molecular weight is 479 g/mol. The number of hydrogen-bond donors (Lipinski definition) is 2. The van der Waals surface area contributed by atoms with Crippen LogP contribution in [0.2, 0.25) is 0 Å². The number of primary sulfonamides is 1. The van der Waals surface area contributed by atoms with E-state index in [9.17, 15) is 13.2 Å². The first-order chi connectivity index (χ1) is 13.3. The number of anilines is 2. The number of ketones is 1. The van der Waals surface area contributed by atoms with Crippen LogP contribution in [0.1, 0.15) is 10.4 Å². The smallest absolute Gasteiger partial charge is 0.238 e. The Morgan fingerprint density at radius 2 is 1.75 bits per heavy atom. The highest BCUT2D eigenvalue weighted by Crippen LogP contribution is 2.21. The fourth-order valence-corrected chi connectivity index (χ4v) is 3.71. The molecule has 0 aliphatic carbocycles. The van der Waals surface area contributed by atoms with E-state index >= 15 is 0 Å². The average Bonchev–Trinajstić information content (AvgIpc) is 2.67. The van der Waals surface area contributed by atoms with Crippen molar-refractivity contribution in [2.24, 2.45) is 5.14 Å². The van der Waals surface area contributed by atoms with Crippen molar-refractivity contribution in [3.63, 3.8) is 0 Å². The molecule has 0 saturated heterocycles. The fraction of sp³-hybridized carbons (Fsp3) is 0.0556. The van der Waals surface area contributed by atoms with Crippen molar-refractivity contribution in [2.75, 3.05) is 11.1 Å². The molecule has 0 bridgehead atoms. The van der Waals surface area contributed by atoms with Crippen LogP contribution in [0.5, 0.6) is 0 Å². The van der Waals surface area contributed by atoms with Crippen LogP contribution in [0.3, 0.4) is 0 Å². The molecule has 0 saturated carbocycles. The van der Waals surface area contributed by atoms with Gasteiger partial charge in [-0.05, 0) is 42.5 Å². The van der Waals surface area contributed by atoms with Crippen molar-refractivity contribution in [3.8, 4) is 0 Å². The third-order valence-corrected chi connectivity index (χ3v) is 5.91. The van der Waals surface area contributed by atoms with E-state index in [4.69, 9.17) is 5.14 Å². The molecular formula is C18H15BrN4O3S2. The molecule has 3 N–H and O–H groups in total. The number of nitrogens with one attached hydrogen (secondary N) is 1. The van der Waals surface area contributed by atoms with Crippen molar-refractivity contribution in [2.45, 2.75) is 10.1 Å². The molecule has 1 aromatic heterocycles. The van der Waals surface area contributed by atoms with Crippen molar-refractivity contribution >= 4 is 55.0 Å². The maximum absolute atomic E-state index is 12.3. The predicted octanol–water partition coefficient (Wildman–Crippen LogP) is 3.61. The summed E-state index contributed by atoms with van der Waals surface area (Å²) in [6, 6.07) is 14.8. The molecule has 0 atom stereocenters. The molecule has 10 heteroatoms. The number of rotatable bonds is 7. The van der Waals surface area contributed by atoms with Gasteiger partial charge in [-0.2, -0.15) is 0 Å². The van der Waals surface area contributed by atoms with Crippen LogP contribution in [0.15, 0.2) is 75.3 Å². The van der Waals surface area contributed by atoms with E-state index in [1.807, 2.05) is 12.1 Å². The molecule has 0 amide bonds. The first-order valence-corrected chi connectivity index (χ1v) is 11.3. The lowest BCUT2D eigenvalue weighted by atomic mass is 10.2. The molecule has 0 radical (unpaired) electrons. The molecule has 3 aromatic rings. The predicted molar refractivity (Wildman–Crippen MR) is 112 cm³/mol. The number of sulfonamides is 1. The third-order valence-electron chi connectivity index (χ3n) is 3.59.